The van der Waals surface area contributed by atoms with Gasteiger partial charge in [0.2, 0.25) is 0 Å². The zero-order chi connectivity index (χ0) is 13.1. The molecule has 1 nitrogen and oxygen atoms in total. The Morgan fingerprint density at radius 1 is 1.18 bits per heavy atom. The van der Waals surface area contributed by atoms with E-state index in [-0.39, 0.29) is 23.2 Å². The molecule has 0 radical (unpaired) electrons. The summed E-state index contributed by atoms with van der Waals surface area (Å²) in [4.78, 5) is 11.6. The minimum Gasteiger partial charge on any atom is -0.299 e. The van der Waals surface area contributed by atoms with E-state index in [2.05, 4.69) is 0 Å². The van der Waals surface area contributed by atoms with Crippen LogP contribution in [0.4, 0.5) is 8.78 Å². The van der Waals surface area contributed by atoms with E-state index in [4.69, 9.17) is 0 Å². The standard InChI is InChI=1S/C14H18F2O/c1-14(2,3)13(17)9-4-6-10-11(15)7-5-8-12(10)16/h5,7-8H,4,6,9H2,1-3H3. The van der Waals surface area contributed by atoms with Crippen molar-refractivity contribution in [1.29, 1.82) is 0 Å². The summed E-state index contributed by atoms with van der Waals surface area (Å²) in [5.74, 6) is -0.948. The number of rotatable bonds is 4. The van der Waals surface area contributed by atoms with Crippen LogP contribution in [0.2, 0.25) is 0 Å². The molecule has 0 saturated carbocycles. The molecule has 0 aromatic heterocycles. The minimum atomic E-state index is -0.534. The minimum absolute atomic E-state index is 0.0780. The van der Waals surface area contributed by atoms with Crippen molar-refractivity contribution in [1.82, 2.24) is 0 Å². The average Bonchev–Trinajstić information content (AvgIpc) is 2.20. The predicted molar refractivity (Wildman–Crippen MR) is 63.8 cm³/mol. The first-order valence-corrected chi connectivity index (χ1v) is 5.78. The Bertz CT molecular complexity index is 385. The Kier molecular flexibility index (Phi) is 4.38. The molecule has 0 saturated heterocycles. The Labute approximate surface area is 101 Å². The molecule has 0 aliphatic carbocycles. The molecule has 1 aromatic carbocycles. The number of benzene rings is 1. The van der Waals surface area contributed by atoms with Crippen LogP contribution in [0.25, 0.3) is 0 Å². The largest absolute Gasteiger partial charge is 0.299 e. The van der Waals surface area contributed by atoms with Crippen molar-refractivity contribution in [3.8, 4) is 0 Å². The Morgan fingerprint density at radius 2 is 1.71 bits per heavy atom. The molecular weight excluding hydrogens is 222 g/mol. The lowest BCUT2D eigenvalue weighted by atomic mass is 9.87. The number of carbonyl (C=O) groups excluding carboxylic acids is 1. The highest BCUT2D eigenvalue weighted by Crippen LogP contribution is 2.20. The molecule has 0 bridgehead atoms. The molecule has 0 fully saturated rings. The third-order valence-electron chi connectivity index (χ3n) is 2.73. The lowest BCUT2D eigenvalue weighted by Gasteiger charge is -2.16. The van der Waals surface area contributed by atoms with Gasteiger partial charge in [-0.05, 0) is 25.0 Å². The van der Waals surface area contributed by atoms with Gasteiger partial charge in [0.25, 0.3) is 0 Å². The van der Waals surface area contributed by atoms with Crippen LogP contribution in [0.1, 0.15) is 39.2 Å². The highest BCUT2D eigenvalue weighted by molar-refractivity contribution is 5.83. The van der Waals surface area contributed by atoms with Crippen LogP contribution in [0.3, 0.4) is 0 Å². The van der Waals surface area contributed by atoms with Crippen LogP contribution < -0.4 is 0 Å². The van der Waals surface area contributed by atoms with E-state index >= 15 is 0 Å². The average molecular weight is 240 g/mol. The van der Waals surface area contributed by atoms with Crippen molar-refractivity contribution in [2.24, 2.45) is 5.41 Å². The second kappa shape index (κ2) is 5.39. The summed E-state index contributed by atoms with van der Waals surface area (Å²) in [6, 6.07) is 3.82. The van der Waals surface area contributed by atoms with Gasteiger partial charge in [-0.1, -0.05) is 26.8 Å². The lowest BCUT2D eigenvalue weighted by Crippen LogP contribution is -2.19. The van der Waals surface area contributed by atoms with Gasteiger partial charge < -0.3 is 0 Å². The van der Waals surface area contributed by atoms with Gasteiger partial charge in [0, 0.05) is 17.4 Å². The summed E-state index contributed by atoms with van der Waals surface area (Å²) in [7, 11) is 0. The van der Waals surface area contributed by atoms with E-state index in [1.165, 1.54) is 18.2 Å². The summed E-state index contributed by atoms with van der Waals surface area (Å²) < 4.78 is 26.6. The van der Waals surface area contributed by atoms with Gasteiger partial charge in [0.05, 0.1) is 0 Å². The lowest BCUT2D eigenvalue weighted by molar-refractivity contribution is -0.126. The smallest absolute Gasteiger partial charge is 0.138 e. The molecule has 0 spiro atoms. The van der Waals surface area contributed by atoms with E-state index in [1.54, 1.807) is 0 Å². The number of halogens is 2. The van der Waals surface area contributed by atoms with Crippen molar-refractivity contribution < 1.29 is 13.6 Å². The number of hydrogen-bond acceptors (Lipinski definition) is 1. The maximum absolute atomic E-state index is 13.3. The van der Waals surface area contributed by atoms with E-state index in [0.29, 0.717) is 12.8 Å². The van der Waals surface area contributed by atoms with Crippen molar-refractivity contribution in [3.63, 3.8) is 0 Å². The quantitative estimate of drug-likeness (QED) is 0.780. The van der Waals surface area contributed by atoms with Crippen molar-refractivity contribution in [3.05, 3.63) is 35.4 Å². The topological polar surface area (TPSA) is 17.1 Å². The van der Waals surface area contributed by atoms with E-state index in [0.717, 1.165) is 0 Å². The van der Waals surface area contributed by atoms with Gasteiger partial charge in [0.15, 0.2) is 0 Å². The van der Waals surface area contributed by atoms with Gasteiger partial charge in [-0.15, -0.1) is 0 Å². The molecular formula is C14H18F2O. The van der Waals surface area contributed by atoms with Gasteiger partial charge in [-0.2, -0.15) is 0 Å². The fourth-order valence-corrected chi connectivity index (χ4v) is 1.57. The molecule has 0 heterocycles. The summed E-state index contributed by atoms with van der Waals surface area (Å²) in [5, 5.41) is 0. The van der Waals surface area contributed by atoms with Crippen LogP contribution in [0, 0.1) is 17.0 Å². The van der Waals surface area contributed by atoms with Gasteiger partial charge in [-0.25, -0.2) is 8.78 Å². The highest BCUT2D eigenvalue weighted by Gasteiger charge is 2.20. The van der Waals surface area contributed by atoms with E-state index < -0.39 is 11.6 Å². The van der Waals surface area contributed by atoms with Crippen molar-refractivity contribution >= 4 is 5.78 Å². The molecule has 94 valence electrons. The fourth-order valence-electron chi connectivity index (χ4n) is 1.57. The summed E-state index contributed by atoms with van der Waals surface area (Å²) in [5.41, 5.74) is -0.303. The second-order valence-corrected chi connectivity index (χ2v) is 5.23. The molecule has 0 atom stereocenters. The normalized spacial score (nSPS) is 11.6. The molecule has 0 N–H and O–H groups in total. The molecule has 1 rings (SSSR count). The predicted octanol–water partition coefficient (Wildman–Crippen LogP) is 3.90. The van der Waals surface area contributed by atoms with Crippen molar-refractivity contribution in [2.45, 2.75) is 40.0 Å². The zero-order valence-corrected chi connectivity index (χ0v) is 10.5. The molecule has 3 heteroatoms. The number of carbonyl (C=O) groups is 1. The Balaban J connectivity index is 2.55. The van der Waals surface area contributed by atoms with Gasteiger partial charge in [0.1, 0.15) is 17.4 Å². The first-order valence-electron chi connectivity index (χ1n) is 5.78. The third-order valence-corrected chi connectivity index (χ3v) is 2.73. The maximum Gasteiger partial charge on any atom is 0.138 e. The first kappa shape index (κ1) is 13.8. The second-order valence-electron chi connectivity index (χ2n) is 5.23. The Hall–Kier alpha value is -1.25. The molecule has 0 aliphatic heterocycles. The maximum atomic E-state index is 13.3. The van der Waals surface area contributed by atoms with Gasteiger partial charge >= 0.3 is 0 Å². The van der Waals surface area contributed by atoms with Crippen LogP contribution in [0.5, 0.6) is 0 Å². The monoisotopic (exact) mass is 240 g/mol. The summed E-state index contributed by atoms with van der Waals surface area (Å²) in [6.45, 7) is 5.54. The van der Waals surface area contributed by atoms with Gasteiger partial charge in [-0.3, -0.25) is 4.79 Å². The molecule has 0 unspecified atom stereocenters. The van der Waals surface area contributed by atoms with Crippen LogP contribution in [-0.2, 0) is 11.2 Å². The van der Waals surface area contributed by atoms with Crippen LogP contribution >= 0.6 is 0 Å². The number of hydrogen-bond donors (Lipinski definition) is 0. The van der Waals surface area contributed by atoms with Crippen LogP contribution in [-0.4, -0.2) is 5.78 Å². The molecule has 0 aliphatic rings. The van der Waals surface area contributed by atoms with Crippen molar-refractivity contribution in [2.75, 3.05) is 0 Å². The van der Waals surface area contributed by atoms with E-state index in [9.17, 15) is 13.6 Å². The number of Topliss-reactive ketones (excluding diaryl/α,β-unsaturated/α-hetero) is 1. The van der Waals surface area contributed by atoms with Crippen LogP contribution in [0.15, 0.2) is 18.2 Å². The molecule has 1 aromatic rings. The summed E-state index contributed by atoms with van der Waals surface area (Å²) in [6.07, 6.45) is 1.10. The Morgan fingerprint density at radius 3 is 2.18 bits per heavy atom. The SMILES string of the molecule is CC(C)(C)C(=O)CCCc1c(F)cccc1F. The zero-order valence-electron chi connectivity index (χ0n) is 10.5. The molecule has 17 heavy (non-hydrogen) atoms. The fraction of sp³-hybridized carbons (Fsp3) is 0.500. The van der Waals surface area contributed by atoms with E-state index in [1.807, 2.05) is 20.8 Å². The number of ketones is 1. The molecule has 0 amide bonds. The first-order chi connectivity index (χ1) is 7.82. The third kappa shape index (κ3) is 3.91. The summed E-state index contributed by atoms with van der Waals surface area (Å²) >= 11 is 0. The highest BCUT2D eigenvalue weighted by atomic mass is 19.1.